The van der Waals surface area contributed by atoms with Crippen LogP contribution in [0.1, 0.15) is 5.89 Å². The van der Waals surface area contributed by atoms with Crippen molar-refractivity contribution in [2.75, 3.05) is 15.7 Å². The lowest BCUT2D eigenvalue weighted by atomic mass is 10.2. The lowest BCUT2D eigenvalue weighted by molar-refractivity contribution is 0.521. The number of hydrogen-bond acceptors (Lipinski definition) is 6. The number of nitrogens with zero attached hydrogens (tertiary/aromatic N) is 1. The normalized spacial score (nSPS) is 12.0. The minimum absolute atomic E-state index is 0.0638. The van der Waals surface area contributed by atoms with Crippen molar-refractivity contribution in [3.8, 4) is 11.3 Å². The molecule has 0 saturated carbocycles. The van der Waals surface area contributed by atoms with Gasteiger partial charge in [-0.2, -0.15) is 0 Å². The van der Waals surface area contributed by atoms with Gasteiger partial charge in [0.25, 0.3) is 10.0 Å². The first-order valence-electron chi connectivity index (χ1n) is 7.86. The number of anilines is 2. The molecule has 148 valence electrons. The van der Waals surface area contributed by atoms with Gasteiger partial charge in [-0.05, 0) is 24.3 Å². The second kappa shape index (κ2) is 7.24. The second-order valence-electron chi connectivity index (χ2n) is 5.95. The van der Waals surface area contributed by atoms with Crippen molar-refractivity contribution in [1.29, 1.82) is 0 Å². The summed E-state index contributed by atoms with van der Waals surface area (Å²) in [5.41, 5.74) is 0.897. The van der Waals surface area contributed by atoms with Crippen molar-refractivity contribution >= 4 is 31.4 Å². The van der Waals surface area contributed by atoms with Crippen LogP contribution in [0, 0.1) is 12.7 Å². The van der Waals surface area contributed by atoms with Gasteiger partial charge in [0.15, 0.2) is 5.89 Å². The van der Waals surface area contributed by atoms with Crippen LogP contribution in [0.3, 0.4) is 0 Å². The third kappa shape index (κ3) is 4.67. The maximum Gasteiger partial charge on any atom is 0.261 e. The van der Waals surface area contributed by atoms with Crippen molar-refractivity contribution in [2.24, 2.45) is 0 Å². The van der Waals surface area contributed by atoms with E-state index in [1.807, 2.05) is 0 Å². The summed E-state index contributed by atoms with van der Waals surface area (Å²) in [6, 6.07) is 8.89. The van der Waals surface area contributed by atoms with Crippen molar-refractivity contribution in [1.82, 2.24) is 4.98 Å². The predicted molar refractivity (Wildman–Crippen MR) is 102 cm³/mol. The maximum absolute atomic E-state index is 13.5. The third-order valence-electron chi connectivity index (χ3n) is 3.60. The van der Waals surface area contributed by atoms with E-state index in [0.717, 1.165) is 24.5 Å². The van der Waals surface area contributed by atoms with Gasteiger partial charge in [-0.25, -0.2) is 26.2 Å². The van der Waals surface area contributed by atoms with E-state index in [-0.39, 0.29) is 16.3 Å². The molecule has 2 N–H and O–H groups in total. The van der Waals surface area contributed by atoms with E-state index >= 15 is 0 Å². The van der Waals surface area contributed by atoms with Gasteiger partial charge in [0.1, 0.15) is 17.8 Å². The molecule has 3 aromatic rings. The molecule has 0 aliphatic rings. The predicted octanol–water partition coefficient (Wildman–Crippen LogP) is 2.96. The standard InChI is InChI=1S/C17H16FN3O5S2/c1-11-19-17(10-26-11)12-3-6-14(7-4-12)28(24,25)21-15-8-5-13(18)9-16(15)20-27(2,22)23/h3-10,20-21H,1-2H3. The van der Waals surface area contributed by atoms with Gasteiger partial charge in [-0.1, -0.05) is 12.1 Å². The number of oxazole rings is 1. The topological polar surface area (TPSA) is 118 Å². The van der Waals surface area contributed by atoms with Gasteiger partial charge >= 0.3 is 0 Å². The van der Waals surface area contributed by atoms with E-state index in [9.17, 15) is 21.2 Å². The lowest BCUT2D eigenvalue weighted by Crippen LogP contribution is -2.16. The Morgan fingerprint density at radius 1 is 0.964 bits per heavy atom. The van der Waals surface area contributed by atoms with Crippen LogP contribution >= 0.6 is 0 Å². The number of rotatable bonds is 6. The van der Waals surface area contributed by atoms with Gasteiger partial charge in [-0.15, -0.1) is 0 Å². The summed E-state index contributed by atoms with van der Waals surface area (Å²) in [7, 11) is -7.79. The Balaban J connectivity index is 1.90. The fourth-order valence-electron chi connectivity index (χ4n) is 2.39. The molecule has 1 heterocycles. The van der Waals surface area contributed by atoms with Crippen molar-refractivity contribution in [2.45, 2.75) is 11.8 Å². The van der Waals surface area contributed by atoms with Crippen LogP contribution in [0.2, 0.25) is 0 Å². The molecule has 0 fully saturated rings. The zero-order valence-corrected chi connectivity index (χ0v) is 16.4. The van der Waals surface area contributed by atoms with E-state index in [0.29, 0.717) is 17.1 Å². The summed E-state index contributed by atoms with van der Waals surface area (Å²) in [6.45, 7) is 1.69. The van der Waals surface area contributed by atoms with Crippen LogP contribution in [0.25, 0.3) is 11.3 Å². The molecular formula is C17H16FN3O5S2. The fraction of sp³-hybridized carbons (Fsp3) is 0.118. The monoisotopic (exact) mass is 425 g/mol. The number of aryl methyl sites for hydroxylation is 1. The Bertz CT molecular complexity index is 1220. The smallest absolute Gasteiger partial charge is 0.261 e. The molecule has 0 amide bonds. The number of hydrogen-bond donors (Lipinski definition) is 2. The van der Waals surface area contributed by atoms with Gasteiger partial charge in [0.2, 0.25) is 10.0 Å². The minimum Gasteiger partial charge on any atom is -0.449 e. The van der Waals surface area contributed by atoms with Gasteiger partial charge in [0.05, 0.1) is 22.5 Å². The molecule has 11 heteroatoms. The Morgan fingerprint density at radius 3 is 2.21 bits per heavy atom. The first kappa shape index (κ1) is 19.8. The molecule has 0 bridgehead atoms. The molecule has 0 unspecified atom stereocenters. The molecule has 0 radical (unpaired) electrons. The highest BCUT2D eigenvalue weighted by atomic mass is 32.2. The highest BCUT2D eigenvalue weighted by Crippen LogP contribution is 2.27. The summed E-state index contributed by atoms with van der Waals surface area (Å²) in [6.07, 6.45) is 2.33. The zero-order valence-electron chi connectivity index (χ0n) is 14.8. The second-order valence-corrected chi connectivity index (χ2v) is 9.38. The van der Waals surface area contributed by atoms with Crippen LogP contribution in [0.4, 0.5) is 15.8 Å². The molecule has 0 atom stereocenters. The summed E-state index contributed by atoms with van der Waals surface area (Å²) >= 11 is 0. The van der Waals surface area contributed by atoms with Crippen LogP contribution in [0.15, 0.2) is 58.0 Å². The lowest BCUT2D eigenvalue weighted by Gasteiger charge is -2.13. The molecular weight excluding hydrogens is 409 g/mol. The van der Waals surface area contributed by atoms with Crippen LogP contribution in [0.5, 0.6) is 0 Å². The Hall–Kier alpha value is -2.92. The van der Waals surface area contributed by atoms with Gasteiger partial charge in [0, 0.05) is 18.6 Å². The first-order chi connectivity index (χ1) is 13.0. The minimum atomic E-state index is -4.05. The molecule has 0 saturated heterocycles. The number of sulfonamides is 2. The Morgan fingerprint density at radius 2 is 1.64 bits per heavy atom. The van der Waals surface area contributed by atoms with Crippen LogP contribution in [-0.2, 0) is 20.0 Å². The Labute approximate surface area is 161 Å². The quantitative estimate of drug-likeness (QED) is 0.627. The summed E-state index contributed by atoms with van der Waals surface area (Å²) in [5, 5.41) is 0. The van der Waals surface area contributed by atoms with Crippen molar-refractivity contribution in [3.63, 3.8) is 0 Å². The molecule has 0 aliphatic heterocycles. The molecule has 0 spiro atoms. The average molecular weight is 425 g/mol. The SMILES string of the molecule is Cc1nc(-c2ccc(S(=O)(=O)Nc3ccc(F)cc3NS(C)(=O)=O)cc2)co1. The highest BCUT2D eigenvalue weighted by Gasteiger charge is 2.18. The van der Waals surface area contributed by atoms with E-state index in [2.05, 4.69) is 14.4 Å². The van der Waals surface area contributed by atoms with E-state index < -0.39 is 25.9 Å². The van der Waals surface area contributed by atoms with Gasteiger partial charge in [-0.3, -0.25) is 9.44 Å². The number of aromatic nitrogens is 1. The van der Waals surface area contributed by atoms with E-state index in [4.69, 9.17) is 4.42 Å². The summed E-state index contributed by atoms with van der Waals surface area (Å²) < 4.78 is 71.1. The Kier molecular flexibility index (Phi) is 5.13. The van der Waals surface area contributed by atoms with Crippen molar-refractivity contribution < 1.29 is 25.6 Å². The van der Waals surface area contributed by atoms with E-state index in [1.54, 1.807) is 19.1 Å². The molecule has 1 aromatic heterocycles. The molecule has 2 aromatic carbocycles. The van der Waals surface area contributed by atoms with Gasteiger partial charge < -0.3 is 4.42 Å². The maximum atomic E-state index is 13.5. The number of benzene rings is 2. The zero-order chi connectivity index (χ0) is 20.5. The number of halogens is 1. The van der Waals surface area contributed by atoms with Crippen molar-refractivity contribution in [3.05, 3.63) is 60.4 Å². The fourth-order valence-corrected chi connectivity index (χ4v) is 4.04. The average Bonchev–Trinajstić information content (AvgIpc) is 3.02. The van der Waals surface area contributed by atoms with Crippen LogP contribution < -0.4 is 9.44 Å². The first-order valence-corrected chi connectivity index (χ1v) is 11.2. The molecule has 28 heavy (non-hydrogen) atoms. The summed E-state index contributed by atoms with van der Waals surface area (Å²) in [4.78, 5) is 4.10. The highest BCUT2D eigenvalue weighted by molar-refractivity contribution is 7.93. The third-order valence-corrected chi connectivity index (χ3v) is 5.57. The summed E-state index contributed by atoms with van der Waals surface area (Å²) in [5.74, 6) is -0.239. The molecule has 3 rings (SSSR count). The van der Waals surface area contributed by atoms with E-state index in [1.165, 1.54) is 18.4 Å². The number of nitrogens with one attached hydrogen (secondary N) is 2. The molecule has 0 aliphatic carbocycles. The molecule has 8 nitrogen and oxygen atoms in total. The van der Waals surface area contributed by atoms with Crippen LogP contribution in [-0.4, -0.2) is 28.1 Å². The largest absolute Gasteiger partial charge is 0.449 e.